The summed E-state index contributed by atoms with van der Waals surface area (Å²) in [7, 11) is 1.80. The molecule has 0 amide bonds. The van der Waals surface area contributed by atoms with Gasteiger partial charge in [-0.2, -0.15) is 0 Å². The second-order valence-electron chi connectivity index (χ2n) is 8.35. The van der Waals surface area contributed by atoms with Crippen molar-refractivity contribution in [2.24, 2.45) is 7.05 Å². The summed E-state index contributed by atoms with van der Waals surface area (Å²) >= 11 is 0. The first kappa shape index (κ1) is 31.4. The first-order valence-corrected chi connectivity index (χ1v) is 11.3. The Bertz CT molecular complexity index is 1250. The molecule has 0 radical (unpaired) electrons. The smallest absolute Gasteiger partial charge is 0.251 e. The van der Waals surface area contributed by atoms with Crippen LogP contribution in [0.4, 0.5) is 0 Å². The fourth-order valence-electron chi connectivity index (χ4n) is 4.02. The van der Waals surface area contributed by atoms with Gasteiger partial charge in [0.1, 0.15) is 5.75 Å². The maximum Gasteiger partial charge on any atom is 0.251 e. The zero-order valence-electron chi connectivity index (χ0n) is 20.5. The van der Waals surface area contributed by atoms with E-state index in [0.717, 1.165) is 54.7 Å². The highest BCUT2D eigenvalue weighted by Gasteiger charge is 2.09. The van der Waals surface area contributed by atoms with Gasteiger partial charge in [0.05, 0.1) is 12.1 Å². The SMILES string of the molecule is Cc1cc(=O)n(C)c2ccc(OCCCN(CCc3cccnc3)Cc3ccncc3)cc12.Cl.Cl.Cl. The Balaban J connectivity index is 0.00000216. The molecule has 36 heavy (non-hydrogen) atoms. The van der Waals surface area contributed by atoms with Crippen molar-refractivity contribution in [2.45, 2.75) is 26.3 Å². The lowest BCUT2D eigenvalue weighted by Crippen LogP contribution is -2.28. The molecule has 0 aliphatic carbocycles. The van der Waals surface area contributed by atoms with Gasteiger partial charge in [0.15, 0.2) is 0 Å². The molecule has 0 bridgehead atoms. The molecule has 4 rings (SSSR count). The molecule has 3 heterocycles. The van der Waals surface area contributed by atoms with Gasteiger partial charge in [0.25, 0.3) is 5.56 Å². The summed E-state index contributed by atoms with van der Waals surface area (Å²) < 4.78 is 7.74. The Kier molecular flexibility index (Phi) is 13.5. The highest BCUT2D eigenvalue weighted by Crippen LogP contribution is 2.22. The van der Waals surface area contributed by atoms with Crippen LogP contribution in [-0.4, -0.2) is 39.1 Å². The summed E-state index contributed by atoms with van der Waals surface area (Å²) in [6.07, 6.45) is 9.31. The summed E-state index contributed by atoms with van der Waals surface area (Å²) in [4.78, 5) is 22.8. The van der Waals surface area contributed by atoms with Crippen molar-refractivity contribution < 1.29 is 4.74 Å². The monoisotopic (exact) mass is 550 g/mol. The highest BCUT2D eigenvalue weighted by atomic mass is 35.5. The van der Waals surface area contributed by atoms with Crippen LogP contribution in [-0.2, 0) is 20.0 Å². The molecule has 3 aromatic heterocycles. The van der Waals surface area contributed by atoms with E-state index in [0.29, 0.717) is 6.61 Å². The molecular formula is C27H33Cl3N4O2. The molecule has 0 unspecified atom stereocenters. The van der Waals surface area contributed by atoms with Crippen molar-refractivity contribution in [1.29, 1.82) is 0 Å². The van der Waals surface area contributed by atoms with Crippen molar-refractivity contribution in [3.8, 4) is 5.75 Å². The molecule has 0 aliphatic rings. The van der Waals surface area contributed by atoms with E-state index in [1.807, 2.05) is 56.0 Å². The Hall–Kier alpha value is -2.64. The minimum Gasteiger partial charge on any atom is -0.494 e. The zero-order valence-corrected chi connectivity index (χ0v) is 23.0. The molecular weight excluding hydrogens is 519 g/mol. The minimum absolute atomic E-state index is 0. The molecule has 0 saturated heterocycles. The third kappa shape index (κ3) is 8.49. The summed E-state index contributed by atoms with van der Waals surface area (Å²) in [5.74, 6) is 0.834. The van der Waals surface area contributed by atoms with Crippen LogP contribution in [0.5, 0.6) is 5.75 Å². The number of rotatable bonds is 10. The van der Waals surface area contributed by atoms with Crippen LogP contribution in [0.25, 0.3) is 10.9 Å². The molecule has 0 spiro atoms. The summed E-state index contributed by atoms with van der Waals surface area (Å²) in [5.41, 5.74) is 4.40. The Morgan fingerprint density at radius 1 is 0.917 bits per heavy atom. The normalized spacial score (nSPS) is 10.3. The lowest BCUT2D eigenvalue weighted by atomic mass is 10.1. The van der Waals surface area contributed by atoms with Crippen LogP contribution in [0.2, 0.25) is 0 Å². The van der Waals surface area contributed by atoms with Gasteiger partial charge < -0.3 is 9.30 Å². The van der Waals surface area contributed by atoms with Crippen LogP contribution in [0.15, 0.2) is 78.1 Å². The lowest BCUT2D eigenvalue weighted by molar-refractivity contribution is 0.230. The molecule has 0 fully saturated rings. The number of aryl methyl sites for hydroxylation is 2. The molecule has 1 aromatic carbocycles. The third-order valence-corrected chi connectivity index (χ3v) is 5.91. The summed E-state index contributed by atoms with van der Waals surface area (Å²) in [6, 6.07) is 15.8. The number of nitrogens with zero attached hydrogens (tertiary/aromatic N) is 4. The van der Waals surface area contributed by atoms with Crippen LogP contribution in [0.1, 0.15) is 23.1 Å². The quantitative estimate of drug-likeness (QED) is 0.247. The van der Waals surface area contributed by atoms with Crippen molar-refractivity contribution in [3.05, 3.63) is 100 Å². The average molecular weight is 552 g/mol. The maximum absolute atomic E-state index is 12.0. The number of hydrogen-bond acceptors (Lipinski definition) is 5. The fourth-order valence-corrected chi connectivity index (χ4v) is 4.02. The maximum atomic E-state index is 12.0. The van der Waals surface area contributed by atoms with Gasteiger partial charge in [-0.3, -0.25) is 19.7 Å². The molecule has 0 N–H and O–H groups in total. The largest absolute Gasteiger partial charge is 0.494 e. The topological polar surface area (TPSA) is 60.2 Å². The number of pyridine rings is 3. The number of aromatic nitrogens is 3. The second kappa shape index (κ2) is 15.5. The number of benzene rings is 1. The van der Waals surface area contributed by atoms with Crippen molar-refractivity contribution in [1.82, 2.24) is 19.4 Å². The van der Waals surface area contributed by atoms with Gasteiger partial charge in [0, 0.05) is 62.9 Å². The van der Waals surface area contributed by atoms with E-state index in [9.17, 15) is 4.79 Å². The number of ether oxygens (including phenoxy) is 1. The van der Waals surface area contributed by atoms with Crippen molar-refractivity contribution in [2.75, 3.05) is 19.7 Å². The van der Waals surface area contributed by atoms with E-state index in [-0.39, 0.29) is 42.8 Å². The highest BCUT2D eigenvalue weighted by molar-refractivity contribution is 5.86. The molecule has 6 nitrogen and oxygen atoms in total. The van der Waals surface area contributed by atoms with Gasteiger partial charge in [-0.05, 0) is 72.9 Å². The molecule has 0 aliphatic heterocycles. The molecule has 9 heteroatoms. The van der Waals surface area contributed by atoms with Crippen LogP contribution >= 0.6 is 37.2 Å². The predicted octanol–water partition coefficient (Wildman–Crippen LogP) is 5.42. The van der Waals surface area contributed by atoms with Crippen LogP contribution < -0.4 is 10.3 Å². The Labute approximate surface area is 231 Å². The number of fused-ring (bicyclic) bond motifs is 1. The fraction of sp³-hybridized carbons (Fsp3) is 0.296. The van der Waals surface area contributed by atoms with Gasteiger partial charge in [-0.25, -0.2) is 0 Å². The minimum atomic E-state index is 0. The summed E-state index contributed by atoms with van der Waals surface area (Å²) in [5, 5.41) is 1.05. The third-order valence-electron chi connectivity index (χ3n) is 5.91. The second-order valence-corrected chi connectivity index (χ2v) is 8.35. The molecule has 194 valence electrons. The number of hydrogen-bond donors (Lipinski definition) is 0. The van der Waals surface area contributed by atoms with Gasteiger partial charge in [-0.1, -0.05) is 6.07 Å². The summed E-state index contributed by atoms with van der Waals surface area (Å²) in [6.45, 7) is 5.37. The average Bonchev–Trinajstić information content (AvgIpc) is 2.85. The Morgan fingerprint density at radius 2 is 1.69 bits per heavy atom. The van der Waals surface area contributed by atoms with Gasteiger partial charge in [-0.15, -0.1) is 37.2 Å². The van der Waals surface area contributed by atoms with Crippen molar-refractivity contribution >= 4 is 48.1 Å². The van der Waals surface area contributed by atoms with E-state index < -0.39 is 0 Å². The lowest BCUT2D eigenvalue weighted by Gasteiger charge is -2.22. The van der Waals surface area contributed by atoms with Crippen LogP contribution in [0, 0.1) is 6.92 Å². The predicted molar refractivity (Wildman–Crippen MR) is 153 cm³/mol. The van der Waals surface area contributed by atoms with E-state index in [1.54, 1.807) is 17.7 Å². The molecule has 0 atom stereocenters. The Morgan fingerprint density at radius 3 is 2.42 bits per heavy atom. The van der Waals surface area contributed by atoms with Crippen LogP contribution in [0.3, 0.4) is 0 Å². The van der Waals surface area contributed by atoms with E-state index in [4.69, 9.17) is 4.74 Å². The van der Waals surface area contributed by atoms with E-state index in [1.165, 1.54) is 11.1 Å². The first-order chi connectivity index (χ1) is 16.1. The van der Waals surface area contributed by atoms with E-state index >= 15 is 0 Å². The number of halogens is 3. The zero-order chi connectivity index (χ0) is 23.0. The standard InChI is InChI=1S/C27H30N4O2.3ClH/c1-21-17-27(32)30(2)26-7-6-24(18-25(21)26)33-16-4-14-31(20-23-8-12-28-13-9-23)15-10-22-5-3-11-29-19-22;;;/h3,5-9,11-13,17-19H,4,10,14-16,20H2,1-2H3;3*1H. The van der Waals surface area contributed by atoms with Crippen molar-refractivity contribution in [3.63, 3.8) is 0 Å². The van der Waals surface area contributed by atoms with Gasteiger partial charge >= 0.3 is 0 Å². The molecule has 4 aromatic rings. The first-order valence-electron chi connectivity index (χ1n) is 11.3. The van der Waals surface area contributed by atoms with E-state index in [2.05, 4.69) is 33.1 Å². The molecule has 0 saturated carbocycles. The van der Waals surface area contributed by atoms with Gasteiger partial charge in [0.2, 0.25) is 0 Å².